The molecule has 126 valence electrons. The molecule has 1 aliphatic rings. The number of ether oxygens (including phenoxy) is 1. The van der Waals surface area contributed by atoms with E-state index < -0.39 is 0 Å². The third kappa shape index (κ3) is 2.89. The van der Waals surface area contributed by atoms with Crippen LogP contribution in [-0.2, 0) is 4.79 Å². The average molecular weight is 354 g/mol. The minimum atomic E-state index is -0.285. The van der Waals surface area contributed by atoms with Crippen LogP contribution >= 0.6 is 11.5 Å². The lowest BCUT2D eigenvalue weighted by molar-refractivity contribution is -0.116. The molecule has 6 heteroatoms. The molecular formula is C19H15FN2O2S. The second kappa shape index (κ2) is 6.29. The van der Waals surface area contributed by atoms with Crippen molar-refractivity contribution < 1.29 is 13.9 Å². The van der Waals surface area contributed by atoms with Gasteiger partial charge in [-0.25, -0.2) is 4.39 Å². The molecule has 25 heavy (non-hydrogen) atoms. The number of aromatic nitrogens is 1. The van der Waals surface area contributed by atoms with Crippen molar-refractivity contribution in [1.29, 1.82) is 0 Å². The average Bonchev–Trinajstić information content (AvgIpc) is 3.05. The fourth-order valence-electron chi connectivity index (χ4n) is 3.04. The number of hydrogen-bond donors (Lipinski definition) is 1. The molecule has 0 bridgehead atoms. The zero-order valence-corrected chi connectivity index (χ0v) is 14.3. The molecule has 0 unspecified atom stereocenters. The summed E-state index contributed by atoms with van der Waals surface area (Å²) in [5, 5.41) is 2.95. The van der Waals surface area contributed by atoms with E-state index in [2.05, 4.69) is 9.69 Å². The predicted molar refractivity (Wildman–Crippen MR) is 95.6 cm³/mol. The van der Waals surface area contributed by atoms with Gasteiger partial charge >= 0.3 is 0 Å². The molecule has 1 atom stereocenters. The second-order valence-corrected chi connectivity index (χ2v) is 6.66. The van der Waals surface area contributed by atoms with Crippen molar-refractivity contribution in [3.63, 3.8) is 0 Å². The summed E-state index contributed by atoms with van der Waals surface area (Å²) in [6, 6.07) is 13.9. The van der Waals surface area contributed by atoms with Gasteiger partial charge in [0.25, 0.3) is 0 Å². The van der Waals surface area contributed by atoms with Gasteiger partial charge in [0.05, 0.1) is 17.7 Å². The first-order chi connectivity index (χ1) is 12.2. The SMILES string of the molecule is COc1ccc(-c2nsc3c2NC(=O)C[C@H]3c2ccc(F)cc2)cc1. The summed E-state index contributed by atoms with van der Waals surface area (Å²) >= 11 is 1.38. The molecule has 2 heterocycles. The molecule has 1 N–H and O–H groups in total. The largest absolute Gasteiger partial charge is 0.497 e. The molecule has 0 aliphatic carbocycles. The number of fused-ring (bicyclic) bond motifs is 1. The van der Waals surface area contributed by atoms with Crippen LogP contribution in [0.4, 0.5) is 10.1 Å². The Bertz CT molecular complexity index is 920. The molecule has 4 rings (SSSR count). The molecule has 1 amide bonds. The van der Waals surface area contributed by atoms with Crippen LogP contribution in [0.25, 0.3) is 11.3 Å². The van der Waals surface area contributed by atoms with E-state index in [-0.39, 0.29) is 17.6 Å². The number of halogens is 1. The zero-order chi connectivity index (χ0) is 17.4. The lowest BCUT2D eigenvalue weighted by Gasteiger charge is -2.23. The summed E-state index contributed by atoms with van der Waals surface area (Å²) in [7, 11) is 1.62. The van der Waals surface area contributed by atoms with Gasteiger partial charge in [-0.15, -0.1) is 0 Å². The van der Waals surface area contributed by atoms with Crippen LogP contribution in [0.15, 0.2) is 48.5 Å². The maximum atomic E-state index is 13.2. The van der Waals surface area contributed by atoms with Crippen LogP contribution < -0.4 is 10.1 Å². The highest BCUT2D eigenvalue weighted by Crippen LogP contribution is 2.44. The first-order valence-electron chi connectivity index (χ1n) is 7.85. The Morgan fingerprint density at radius 1 is 1.16 bits per heavy atom. The van der Waals surface area contributed by atoms with Gasteiger partial charge in [-0.3, -0.25) is 4.79 Å². The summed E-state index contributed by atoms with van der Waals surface area (Å²) in [5.74, 6) is 0.319. The van der Waals surface area contributed by atoms with Gasteiger partial charge < -0.3 is 10.1 Å². The minimum Gasteiger partial charge on any atom is -0.497 e. The molecule has 0 saturated carbocycles. The van der Waals surface area contributed by atoms with Gasteiger partial charge in [0, 0.05) is 17.9 Å². The second-order valence-electron chi connectivity index (χ2n) is 5.86. The quantitative estimate of drug-likeness (QED) is 0.757. The van der Waals surface area contributed by atoms with Crippen LogP contribution in [0.3, 0.4) is 0 Å². The van der Waals surface area contributed by atoms with Crippen molar-refractivity contribution >= 4 is 23.1 Å². The fraction of sp³-hybridized carbons (Fsp3) is 0.158. The number of carbonyl (C=O) groups excluding carboxylic acids is 1. The Morgan fingerprint density at radius 2 is 1.88 bits per heavy atom. The van der Waals surface area contributed by atoms with Crippen molar-refractivity contribution in [1.82, 2.24) is 4.37 Å². The number of methoxy groups -OCH3 is 1. The number of rotatable bonds is 3. The molecule has 3 aromatic rings. The topological polar surface area (TPSA) is 51.2 Å². The Morgan fingerprint density at radius 3 is 2.56 bits per heavy atom. The van der Waals surface area contributed by atoms with Crippen molar-refractivity contribution in [3.8, 4) is 17.0 Å². The van der Waals surface area contributed by atoms with Gasteiger partial charge in [-0.2, -0.15) is 4.37 Å². The van der Waals surface area contributed by atoms with Gasteiger partial charge in [0.2, 0.25) is 5.91 Å². The molecule has 1 aliphatic heterocycles. The van der Waals surface area contributed by atoms with Crippen molar-refractivity contribution in [2.75, 3.05) is 12.4 Å². The lowest BCUT2D eigenvalue weighted by Crippen LogP contribution is -2.22. The first-order valence-corrected chi connectivity index (χ1v) is 8.62. The van der Waals surface area contributed by atoms with Gasteiger partial charge in [-0.1, -0.05) is 12.1 Å². The molecular weight excluding hydrogens is 339 g/mol. The normalized spacial score (nSPS) is 16.2. The van der Waals surface area contributed by atoms with E-state index in [1.54, 1.807) is 19.2 Å². The minimum absolute atomic E-state index is 0.0585. The van der Waals surface area contributed by atoms with Crippen LogP contribution in [0.1, 0.15) is 22.8 Å². The van der Waals surface area contributed by atoms with E-state index in [0.29, 0.717) is 6.42 Å². The summed E-state index contributed by atoms with van der Waals surface area (Å²) in [5.41, 5.74) is 3.34. The lowest BCUT2D eigenvalue weighted by atomic mass is 9.89. The molecule has 1 aromatic heterocycles. The van der Waals surface area contributed by atoms with E-state index in [1.807, 2.05) is 24.3 Å². The van der Waals surface area contributed by atoms with Crippen molar-refractivity contribution in [3.05, 3.63) is 64.8 Å². The number of nitrogens with one attached hydrogen (secondary N) is 1. The maximum Gasteiger partial charge on any atom is 0.225 e. The summed E-state index contributed by atoms with van der Waals surface area (Å²) in [4.78, 5) is 13.2. The highest BCUT2D eigenvalue weighted by atomic mass is 32.1. The highest BCUT2D eigenvalue weighted by Gasteiger charge is 2.31. The van der Waals surface area contributed by atoms with Gasteiger partial charge in [0.1, 0.15) is 17.3 Å². The Balaban J connectivity index is 1.76. The number of amides is 1. The predicted octanol–water partition coefficient (Wildman–Crippen LogP) is 4.43. The molecule has 0 radical (unpaired) electrons. The van der Waals surface area contributed by atoms with E-state index in [1.165, 1.54) is 23.7 Å². The fourth-order valence-corrected chi connectivity index (χ4v) is 4.01. The number of carbonyl (C=O) groups is 1. The third-order valence-corrected chi connectivity index (χ3v) is 5.28. The number of anilines is 1. The van der Waals surface area contributed by atoms with E-state index in [4.69, 9.17) is 4.74 Å². The Hall–Kier alpha value is -2.73. The van der Waals surface area contributed by atoms with Gasteiger partial charge in [-0.05, 0) is 53.5 Å². The zero-order valence-electron chi connectivity index (χ0n) is 13.5. The Labute approximate surface area is 148 Å². The highest BCUT2D eigenvalue weighted by molar-refractivity contribution is 7.07. The third-order valence-electron chi connectivity index (χ3n) is 4.32. The van der Waals surface area contributed by atoms with Crippen LogP contribution in [0.5, 0.6) is 5.75 Å². The molecule has 2 aromatic carbocycles. The molecule has 0 spiro atoms. The molecule has 0 fully saturated rings. The number of nitrogens with zero attached hydrogens (tertiary/aromatic N) is 1. The van der Waals surface area contributed by atoms with Crippen molar-refractivity contribution in [2.24, 2.45) is 0 Å². The monoisotopic (exact) mass is 354 g/mol. The van der Waals surface area contributed by atoms with Crippen LogP contribution in [-0.4, -0.2) is 17.4 Å². The van der Waals surface area contributed by atoms with Gasteiger partial charge in [0.15, 0.2) is 0 Å². The molecule has 0 saturated heterocycles. The Kier molecular flexibility index (Phi) is 3.97. The van der Waals surface area contributed by atoms with Crippen LogP contribution in [0.2, 0.25) is 0 Å². The first kappa shape index (κ1) is 15.8. The standard InChI is InChI=1S/C19H15FN2O2S/c1-24-14-8-4-12(5-9-14)17-18-19(25-22-17)15(10-16(23)21-18)11-2-6-13(20)7-3-11/h2-9,15H,10H2,1H3,(H,21,23)/t15-/m0/s1. The van der Waals surface area contributed by atoms with Crippen LogP contribution in [0, 0.1) is 5.82 Å². The summed E-state index contributed by atoms with van der Waals surface area (Å²) in [6.07, 6.45) is 0.336. The summed E-state index contributed by atoms with van der Waals surface area (Å²) < 4.78 is 23.0. The smallest absolute Gasteiger partial charge is 0.225 e. The summed E-state index contributed by atoms with van der Waals surface area (Å²) in [6.45, 7) is 0. The van der Waals surface area contributed by atoms with Crippen molar-refractivity contribution in [2.45, 2.75) is 12.3 Å². The van der Waals surface area contributed by atoms with E-state index >= 15 is 0 Å². The molecule has 4 nitrogen and oxygen atoms in total. The number of hydrogen-bond acceptors (Lipinski definition) is 4. The van der Waals surface area contributed by atoms with E-state index in [0.717, 1.165) is 33.1 Å². The van der Waals surface area contributed by atoms with E-state index in [9.17, 15) is 9.18 Å². The maximum absolute atomic E-state index is 13.2. The number of benzene rings is 2.